The van der Waals surface area contributed by atoms with Crippen LogP contribution in [0.1, 0.15) is 28.8 Å². The lowest BCUT2D eigenvalue weighted by Crippen LogP contribution is -2.16. The van der Waals surface area contributed by atoms with Crippen LogP contribution in [0.3, 0.4) is 0 Å². The van der Waals surface area contributed by atoms with Crippen LogP contribution in [0.25, 0.3) is 0 Å². The first kappa shape index (κ1) is 16.1. The molecule has 24 heavy (non-hydrogen) atoms. The van der Waals surface area contributed by atoms with E-state index in [2.05, 4.69) is 10.6 Å². The van der Waals surface area contributed by atoms with E-state index in [1.807, 2.05) is 25.1 Å². The first-order chi connectivity index (χ1) is 11.6. The summed E-state index contributed by atoms with van der Waals surface area (Å²) in [5.41, 5.74) is 2.77. The number of nitrogens with one attached hydrogen (secondary N) is 2. The number of anilines is 2. The van der Waals surface area contributed by atoms with E-state index in [1.165, 1.54) is 7.11 Å². The predicted octanol–water partition coefficient (Wildman–Crippen LogP) is 3.60. The van der Waals surface area contributed by atoms with E-state index < -0.39 is 0 Å². The van der Waals surface area contributed by atoms with Gasteiger partial charge in [0.25, 0.3) is 5.91 Å². The molecule has 5 nitrogen and oxygen atoms in total. The second-order valence-corrected chi connectivity index (χ2v) is 5.95. The van der Waals surface area contributed by atoms with Crippen LogP contribution in [0.2, 0.25) is 0 Å². The molecular formula is C19H20N2O3. The number of methoxy groups -OCH3 is 1. The highest BCUT2D eigenvalue weighted by Gasteiger charge is 2.29. The molecule has 0 aliphatic heterocycles. The Morgan fingerprint density at radius 1 is 1.08 bits per heavy atom. The summed E-state index contributed by atoms with van der Waals surface area (Å²) in [7, 11) is 1.53. The Bertz CT molecular complexity index is 782. The minimum absolute atomic E-state index is 0.0475. The van der Waals surface area contributed by atoms with Crippen LogP contribution in [0.4, 0.5) is 11.4 Å². The number of ether oxygens (including phenoxy) is 1. The van der Waals surface area contributed by atoms with Gasteiger partial charge in [0, 0.05) is 17.3 Å². The van der Waals surface area contributed by atoms with Crippen molar-refractivity contribution in [1.29, 1.82) is 0 Å². The first-order valence-corrected chi connectivity index (χ1v) is 7.94. The lowest BCUT2D eigenvalue weighted by atomic mass is 10.1. The van der Waals surface area contributed by atoms with Crippen molar-refractivity contribution in [3.8, 4) is 5.75 Å². The molecule has 0 heterocycles. The van der Waals surface area contributed by atoms with E-state index in [0.29, 0.717) is 17.0 Å². The maximum absolute atomic E-state index is 12.5. The van der Waals surface area contributed by atoms with E-state index in [1.54, 1.807) is 24.3 Å². The molecule has 0 bridgehead atoms. The molecule has 124 valence electrons. The van der Waals surface area contributed by atoms with E-state index in [9.17, 15) is 9.59 Å². The number of hydrogen-bond donors (Lipinski definition) is 2. The fraction of sp³-hybridized carbons (Fsp3) is 0.263. The molecule has 1 aliphatic carbocycles. The van der Waals surface area contributed by atoms with Crippen molar-refractivity contribution in [2.24, 2.45) is 5.92 Å². The fourth-order valence-electron chi connectivity index (χ4n) is 2.45. The van der Waals surface area contributed by atoms with Gasteiger partial charge in [-0.1, -0.05) is 18.2 Å². The van der Waals surface area contributed by atoms with Gasteiger partial charge >= 0.3 is 0 Å². The van der Waals surface area contributed by atoms with E-state index in [0.717, 1.165) is 24.1 Å². The van der Waals surface area contributed by atoms with Crippen LogP contribution in [0, 0.1) is 12.8 Å². The van der Waals surface area contributed by atoms with Crippen molar-refractivity contribution in [1.82, 2.24) is 0 Å². The fourth-order valence-corrected chi connectivity index (χ4v) is 2.45. The molecule has 0 atom stereocenters. The molecule has 0 saturated heterocycles. The number of carbonyl (C=O) groups excluding carboxylic acids is 2. The molecule has 1 saturated carbocycles. The third-order valence-corrected chi connectivity index (χ3v) is 4.05. The molecule has 0 unspecified atom stereocenters. The second kappa shape index (κ2) is 6.74. The van der Waals surface area contributed by atoms with Gasteiger partial charge in [0.15, 0.2) is 0 Å². The molecule has 2 N–H and O–H groups in total. The number of benzene rings is 2. The van der Waals surface area contributed by atoms with Crippen LogP contribution in [-0.2, 0) is 4.79 Å². The largest absolute Gasteiger partial charge is 0.496 e. The maximum atomic E-state index is 12.5. The van der Waals surface area contributed by atoms with Gasteiger partial charge in [0.2, 0.25) is 5.91 Å². The van der Waals surface area contributed by atoms with Gasteiger partial charge in [-0.3, -0.25) is 9.59 Å². The molecule has 0 spiro atoms. The molecule has 2 aromatic carbocycles. The van der Waals surface area contributed by atoms with Crippen molar-refractivity contribution in [2.75, 3.05) is 17.7 Å². The summed E-state index contributed by atoms with van der Waals surface area (Å²) in [6, 6.07) is 12.5. The zero-order valence-corrected chi connectivity index (χ0v) is 13.8. The number of hydrogen-bond acceptors (Lipinski definition) is 3. The third kappa shape index (κ3) is 3.56. The quantitative estimate of drug-likeness (QED) is 0.883. The predicted molar refractivity (Wildman–Crippen MR) is 93.5 cm³/mol. The van der Waals surface area contributed by atoms with Crippen molar-refractivity contribution >= 4 is 23.2 Å². The number of para-hydroxylation sites is 1. The lowest BCUT2D eigenvalue weighted by Gasteiger charge is -2.12. The monoisotopic (exact) mass is 324 g/mol. The molecular weight excluding hydrogens is 304 g/mol. The first-order valence-electron chi connectivity index (χ1n) is 7.94. The summed E-state index contributed by atoms with van der Waals surface area (Å²) in [5, 5.41) is 5.78. The highest BCUT2D eigenvalue weighted by molar-refractivity contribution is 6.06. The standard InChI is InChI=1S/C19H20N2O3/c1-12-7-10-14(11-16(12)21-18(22)13-8-9-13)20-19(23)15-5-3-4-6-17(15)24-2/h3-7,10-11,13H,8-9H2,1-2H3,(H,20,23)(H,21,22). The third-order valence-electron chi connectivity index (χ3n) is 4.05. The highest BCUT2D eigenvalue weighted by Crippen LogP contribution is 2.31. The van der Waals surface area contributed by atoms with Gasteiger partial charge in [-0.2, -0.15) is 0 Å². The summed E-state index contributed by atoms with van der Waals surface area (Å²) in [6.07, 6.45) is 1.91. The molecule has 1 fully saturated rings. The SMILES string of the molecule is COc1ccccc1C(=O)Nc1ccc(C)c(NC(=O)C2CC2)c1. The topological polar surface area (TPSA) is 67.4 Å². The Morgan fingerprint density at radius 3 is 2.54 bits per heavy atom. The van der Waals surface area contributed by atoms with Crippen LogP contribution in [0.5, 0.6) is 5.75 Å². The van der Waals surface area contributed by atoms with E-state index in [4.69, 9.17) is 4.74 Å². The summed E-state index contributed by atoms with van der Waals surface area (Å²) >= 11 is 0. The van der Waals surface area contributed by atoms with Crippen LogP contribution < -0.4 is 15.4 Å². The van der Waals surface area contributed by atoms with Crippen molar-refractivity contribution < 1.29 is 14.3 Å². The number of rotatable bonds is 5. The normalized spacial score (nSPS) is 13.2. The van der Waals surface area contributed by atoms with Crippen LogP contribution in [-0.4, -0.2) is 18.9 Å². The molecule has 0 aromatic heterocycles. The Hall–Kier alpha value is -2.82. The average Bonchev–Trinajstić information content (AvgIpc) is 3.42. The Labute approximate surface area is 141 Å². The zero-order valence-electron chi connectivity index (χ0n) is 13.8. The Kier molecular flexibility index (Phi) is 4.51. The van der Waals surface area contributed by atoms with Gasteiger partial charge in [0.05, 0.1) is 12.7 Å². The minimum Gasteiger partial charge on any atom is -0.496 e. The maximum Gasteiger partial charge on any atom is 0.259 e. The molecule has 5 heteroatoms. The molecule has 2 aromatic rings. The van der Waals surface area contributed by atoms with Gasteiger partial charge in [-0.15, -0.1) is 0 Å². The number of amides is 2. The summed E-state index contributed by atoms with van der Waals surface area (Å²) in [6.45, 7) is 1.92. The van der Waals surface area contributed by atoms with Gasteiger partial charge < -0.3 is 15.4 Å². The number of aryl methyl sites for hydroxylation is 1. The molecule has 3 rings (SSSR count). The Balaban J connectivity index is 1.77. The zero-order chi connectivity index (χ0) is 17.1. The second-order valence-electron chi connectivity index (χ2n) is 5.95. The van der Waals surface area contributed by atoms with E-state index >= 15 is 0 Å². The van der Waals surface area contributed by atoms with Gasteiger partial charge in [-0.25, -0.2) is 0 Å². The van der Waals surface area contributed by atoms with Gasteiger partial charge in [0.1, 0.15) is 5.75 Å². The lowest BCUT2D eigenvalue weighted by molar-refractivity contribution is -0.117. The Morgan fingerprint density at radius 2 is 1.83 bits per heavy atom. The molecule has 2 amide bonds. The number of carbonyl (C=O) groups is 2. The minimum atomic E-state index is -0.254. The highest BCUT2D eigenvalue weighted by atomic mass is 16.5. The molecule has 1 aliphatic rings. The van der Waals surface area contributed by atoms with Crippen molar-refractivity contribution in [3.63, 3.8) is 0 Å². The van der Waals surface area contributed by atoms with Crippen molar-refractivity contribution in [3.05, 3.63) is 53.6 Å². The van der Waals surface area contributed by atoms with E-state index in [-0.39, 0.29) is 17.7 Å². The smallest absolute Gasteiger partial charge is 0.259 e. The van der Waals surface area contributed by atoms with Crippen LogP contribution >= 0.6 is 0 Å². The summed E-state index contributed by atoms with van der Waals surface area (Å²) in [4.78, 5) is 24.4. The summed E-state index contributed by atoms with van der Waals surface area (Å²) < 4.78 is 5.22. The molecule has 0 radical (unpaired) electrons. The summed E-state index contributed by atoms with van der Waals surface area (Å²) in [5.74, 6) is 0.447. The van der Waals surface area contributed by atoms with Crippen LogP contribution in [0.15, 0.2) is 42.5 Å². The van der Waals surface area contributed by atoms with Crippen molar-refractivity contribution in [2.45, 2.75) is 19.8 Å². The average molecular weight is 324 g/mol. The van der Waals surface area contributed by atoms with Gasteiger partial charge in [-0.05, 0) is 49.6 Å².